The van der Waals surface area contributed by atoms with Gasteiger partial charge in [0.25, 0.3) is 5.56 Å². The topological polar surface area (TPSA) is 183 Å². The summed E-state index contributed by atoms with van der Waals surface area (Å²) >= 11 is 6.30. The first kappa shape index (κ1) is 42.0. The van der Waals surface area contributed by atoms with Gasteiger partial charge in [-0.15, -0.1) is 0 Å². The summed E-state index contributed by atoms with van der Waals surface area (Å²) in [4.78, 5) is 62.4. The number of aromatic nitrogens is 5. The number of piperidine rings is 2. The number of sulfonamides is 1. The second kappa shape index (κ2) is 16.2. The van der Waals surface area contributed by atoms with E-state index in [1.807, 2.05) is 13.0 Å². The smallest absolute Gasteiger partial charge is 0.329 e. The number of hydrogen-bond donors (Lipinski definition) is 2. The van der Waals surface area contributed by atoms with Gasteiger partial charge in [0.15, 0.2) is 0 Å². The second-order valence-corrected chi connectivity index (χ2v) is 20.7. The van der Waals surface area contributed by atoms with E-state index in [0.29, 0.717) is 60.2 Å². The molecule has 18 heteroatoms. The Bertz CT molecular complexity index is 2880. The number of hydrogen-bond acceptors (Lipinski definition) is 11. The van der Waals surface area contributed by atoms with Crippen LogP contribution < -0.4 is 21.9 Å². The Labute approximate surface area is 369 Å². The molecule has 2 aliphatic carbocycles. The number of carbonyl (C=O) groups excluding carboxylic acids is 2. The monoisotopic (exact) mass is 897 g/mol. The molecule has 2 amide bonds. The lowest BCUT2D eigenvalue weighted by atomic mass is 9.63. The van der Waals surface area contributed by atoms with Crippen LogP contribution in [0.1, 0.15) is 93.3 Å². The molecule has 1 unspecified atom stereocenters. The number of imidazole rings is 1. The van der Waals surface area contributed by atoms with E-state index in [9.17, 15) is 27.6 Å². The van der Waals surface area contributed by atoms with Gasteiger partial charge in [0.05, 0.1) is 28.6 Å². The summed E-state index contributed by atoms with van der Waals surface area (Å²) in [7, 11) is -1.95. The number of aryl methyl sites for hydroxylation is 2. The molecule has 0 bridgehead atoms. The largest absolute Gasteiger partial charge is 0.377 e. The van der Waals surface area contributed by atoms with Crippen LogP contribution >= 0.6 is 11.6 Å². The number of benzene rings is 2. The summed E-state index contributed by atoms with van der Waals surface area (Å²) < 4.78 is 40.1. The SMILES string of the molecule is Cc1cc(S(=O)(=O)N2CC3(CC(OCCN4CCC(c5ccc6c(c5)n(C)c(=O)n6C5CCC(=O)NC5=O)CC4)C3)C2)ccc1Nc1ncc2cc(Cl)c(=O)n(C3CCCC3)c2n1. The maximum atomic E-state index is 13.7. The molecule has 2 N–H and O–H groups in total. The number of imide groups is 1. The van der Waals surface area contributed by atoms with Crippen molar-refractivity contribution in [3.8, 4) is 0 Å². The summed E-state index contributed by atoms with van der Waals surface area (Å²) in [5.74, 6) is -0.0651. The molecule has 2 aromatic carbocycles. The highest BCUT2D eigenvalue weighted by Crippen LogP contribution is 2.51. The number of ether oxygens (including phenoxy) is 1. The molecule has 5 aliphatic rings. The van der Waals surface area contributed by atoms with Crippen LogP contribution in [-0.4, -0.2) is 98.5 Å². The zero-order chi connectivity index (χ0) is 43.8. The molecule has 3 aromatic heterocycles. The van der Waals surface area contributed by atoms with Crippen molar-refractivity contribution in [1.82, 2.24) is 38.2 Å². The maximum absolute atomic E-state index is 13.7. The van der Waals surface area contributed by atoms with Gasteiger partial charge in [0, 0.05) is 61.8 Å². The molecular formula is C45H52ClN9O7S. The minimum absolute atomic E-state index is 0.0307. The number of halogens is 1. The van der Waals surface area contributed by atoms with Gasteiger partial charge in [0.1, 0.15) is 16.7 Å². The molecule has 3 aliphatic heterocycles. The number of nitrogens with zero attached hydrogens (tertiary/aromatic N) is 7. The number of anilines is 2. The fourth-order valence-electron chi connectivity index (χ4n) is 10.7. The lowest BCUT2D eigenvalue weighted by molar-refractivity contribution is -0.135. The molecular weight excluding hydrogens is 846 g/mol. The third-order valence-electron chi connectivity index (χ3n) is 14.3. The average molecular weight is 898 g/mol. The summed E-state index contributed by atoms with van der Waals surface area (Å²) in [5.41, 5.74) is 4.07. The number of nitrogens with one attached hydrogen (secondary N) is 2. The van der Waals surface area contributed by atoms with E-state index < -0.39 is 22.0 Å². The van der Waals surface area contributed by atoms with Crippen LogP contribution in [0.15, 0.2) is 63.1 Å². The van der Waals surface area contributed by atoms with Gasteiger partial charge in [-0.2, -0.15) is 9.29 Å². The van der Waals surface area contributed by atoms with Gasteiger partial charge in [-0.25, -0.2) is 18.2 Å². The van der Waals surface area contributed by atoms with E-state index in [1.54, 1.807) is 50.9 Å². The van der Waals surface area contributed by atoms with E-state index in [0.717, 1.165) is 82.1 Å². The third-order valence-corrected chi connectivity index (χ3v) is 16.4. The molecule has 10 rings (SSSR count). The molecule has 6 heterocycles. The van der Waals surface area contributed by atoms with Crippen molar-refractivity contribution in [2.45, 2.75) is 100 Å². The van der Waals surface area contributed by atoms with E-state index in [-0.39, 0.29) is 51.1 Å². The highest BCUT2D eigenvalue weighted by atomic mass is 35.5. The predicted molar refractivity (Wildman–Crippen MR) is 238 cm³/mol. The fraction of sp³-hybridized carbons (Fsp3) is 0.511. The highest BCUT2D eigenvalue weighted by Gasteiger charge is 2.56. The first-order valence-electron chi connectivity index (χ1n) is 22.1. The quantitative estimate of drug-likeness (QED) is 0.164. The normalized spacial score (nSPS) is 21.6. The van der Waals surface area contributed by atoms with Gasteiger partial charge in [-0.1, -0.05) is 30.5 Å². The van der Waals surface area contributed by atoms with E-state index in [1.165, 1.54) is 10.1 Å². The minimum atomic E-state index is -3.68. The summed E-state index contributed by atoms with van der Waals surface area (Å²) in [6, 6.07) is 12.1. The molecule has 16 nitrogen and oxygen atoms in total. The molecule has 1 spiro atoms. The zero-order valence-electron chi connectivity index (χ0n) is 35.5. The van der Waals surface area contributed by atoms with E-state index in [2.05, 4.69) is 32.7 Å². The van der Waals surface area contributed by atoms with Crippen molar-refractivity contribution in [1.29, 1.82) is 0 Å². The van der Waals surface area contributed by atoms with Gasteiger partial charge < -0.3 is 15.0 Å². The number of likely N-dealkylation sites (tertiary alicyclic amines) is 1. The van der Waals surface area contributed by atoms with Crippen molar-refractivity contribution in [2.75, 3.05) is 44.6 Å². The van der Waals surface area contributed by atoms with Gasteiger partial charge in [0.2, 0.25) is 27.8 Å². The summed E-state index contributed by atoms with van der Waals surface area (Å²) in [6.45, 7) is 6.18. The van der Waals surface area contributed by atoms with E-state index >= 15 is 0 Å². The maximum Gasteiger partial charge on any atom is 0.329 e. The van der Waals surface area contributed by atoms with Crippen LogP contribution in [0.25, 0.3) is 22.1 Å². The van der Waals surface area contributed by atoms with Crippen LogP contribution in [0.5, 0.6) is 0 Å². The zero-order valence-corrected chi connectivity index (χ0v) is 37.1. The first-order valence-corrected chi connectivity index (χ1v) is 23.9. The highest BCUT2D eigenvalue weighted by molar-refractivity contribution is 7.89. The number of fused-ring (bicyclic) bond motifs is 2. The van der Waals surface area contributed by atoms with Crippen molar-refractivity contribution in [3.05, 3.63) is 85.6 Å². The predicted octanol–water partition coefficient (Wildman–Crippen LogP) is 5.29. The van der Waals surface area contributed by atoms with Gasteiger partial charge in [-0.3, -0.25) is 33.4 Å². The first-order chi connectivity index (χ1) is 30.3. The number of rotatable bonds is 11. The lowest BCUT2D eigenvalue weighted by Crippen LogP contribution is -2.65. The van der Waals surface area contributed by atoms with Crippen molar-refractivity contribution in [2.24, 2.45) is 12.5 Å². The molecule has 63 heavy (non-hydrogen) atoms. The Balaban J connectivity index is 0.686. The van der Waals surface area contributed by atoms with Crippen LogP contribution in [0.4, 0.5) is 11.6 Å². The van der Waals surface area contributed by atoms with Crippen molar-refractivity contribution in [3.63, 3.8) is 0 Å². The summed E-state index contributed by atoms with van der Waals surface area (Å²) in [5, 5.41) is 6.44. The second-order valence-electron chi connectivity index (χ2n) is 18.4. The summed E-state index contributed by atoms with van der Waals surface area (Å²) in [6.07, 6.45) is 9.88. The minimum Gasteiger partial charge on any atom is -0.377 e. The van der Waals surface area contributed by atoms with Crippen molar-refractivity contribution >= 4 is 67.1 Å². The Morgan fingerprint density at radius 2 is 1.70 bits per heavy atom. The molecule has 332 valence electrons. The fourth-order valence-corrected chi connectivity index (χ4v) is 12.7. The molecule has 5 fully saturated rings. The van der Waals surface area contributed by atoms with Crippen LogP contribution in [0.2, 0.25) is 5.02 Å². The number of pyridine rings is 1. The van der Waals surface area contributed by atoms with E-state index in [4.69, 9.17) is 21.3 Å². The average Bonchev–Trinajstić information content (AvgIpc) is 3.85. The molecule has 2 saturated carbocycles. The van der Waals surface area contributed by atoms with Gasteiger partial charge in [-0.05, 0) is 118 Å². The standard InChI is InChI=1S/C45H52ClN9O7S/c1-27-19-33(8-9-35(27)48-43-47-24-30-20-34(46)42(58)54(40(30)50-43)31-5-3-4-6-31)63(60,61)53-25-45(26-53)22-32(23-45)62-18-17-52-15-13-28(14-16-52)29-7-10-36-38(21-29)51(2)44(59)55(36)37-11-12-39(56)49-41(37)57/h7-10,19-21,24,28,31-32,37H,3-6,11-18,22-23,25-26H2,1-2H3,(H,47,48,50)(H,49,56,57). The van der Waals surface area contributed by atoms with Crippen molar-refractivity contribution < 1.29 is 22.7 Å². The lowest BCUT2D eigenvalue weighted by Gasteiger charge is -2.57. The Kier molecular flexibility index (Phi) is 10.8. The molecule has 3 saturated heterocycles. The Morgan fingerprint density at radius 3 is 2.43 bits per heavy atom. The number of amides is 2. The molecule has 5 aromatic rings. The third kappa shape index (κ3) is 7.68. The van der Waals surface area contributed by atoms with Gasteiger partial charge >= 0.3 is 5.69 Å². The molecule has 1 atom stereocenters. The number of carbonyl (C=O) groups is 2. The van der Waals surface area contributed by atoms with Crippen LogP contribution in [0, 0.1) is 12.3 Å². The Hall–Kier alpha value is -4.94. The Morgan fingerprint density at radius 1 is 0.937 bits per heavy atom. The molecule has 0 radical (unpaired) electrons. The van der Waals surface area contributed by atoms with Crippen LogP contribution in [-0.2, 0) is 31.4 Å². The van der Waals surface area contributed by atoms with Crippen LogP contribution in [0.3, 0.4) is 0 Å².